The van der Waals surface area contributed by atoms with Crippen molar-refractivity contribution in [1.82, 2.24) is 8.80 Å². The van der Waals surface area contributed by atoms with E-state index in [1.807, 2.05) is 70.1 Å². The van der Waals surface area contributed by atoms with Crippen LogP contribution in [0.25, 0.3) is 11.0 Å². The summed E-state index contributed by atoms with van der Waals surface area (Å²) in [4.78, 5) is 29.3. The lowest BCUT2D eigenvalue weighted by Crippen LogP contribution is -2.08. The van der Waals surface area contributed by atoms with Crippen molar-refractivity contribution >= 4 is 68.1 Å². The van der Waals surface area contributed by atoms with E-state index in [0.717, 1.165) is 30.6 Å². The summed E-state index contributed by atoms with van der Waals surface area (Å²) in [6.45, 7) is 4.24. The van der Waals surface area contributed by atoms with Gasteiger partial charge < -0.3 is 18.3 Å². The molecule has 0 fully saturated rings. The molecule has 0 amide bonds. The van der Waals surface area contributed by atoms with Crippen LogP contribution in [0.15, 0.2) is 68.4 Å². The predicted octanol–water partition coefficient (Wildman–Crippen LogP) is 6.79. The first-order chi connectivity index (χ1) is 16.6. The molecule has 0 aliphatic rings. The molecule has 6 nitrogen and oxygen atoms in total. The topological polar surface area (TPSA) is 61.4 Å². The summed E-state index contributed by atoms with van der Waals surface area (Å²) in [7, 11) is 3.16. The van der Waals surface area contributed by atoms with Crippen molar-refractivity contribution in [2.75, 3.05) is 25.7 Å². The molecule has 4 heterocycles. The first-order valence-electron chi connectivity index (χ1n) is 10.6. The molecule has 0 aliphatic heterocycles. The van der Waals surface area contributed by atoms with Crippen molar-refractivity contribution in [1.29, 1.82) is 0 Å². The summed E-state index contributed by atoms with van der Waals surface area (Å²) in [5, 5.41) is 0. The Morgan fingerprint density at radius 2 is 1.12 bits per heavy atom. The lowest BCUT2D eigenvalue weighted by molar-refractivity contribution is 0.0504. The van der Waals surface area contributed by atoms with E-state index >= 15 is 0 Å². The summed E-state index contributed by atoms with van der Waals surface area (Å²) >= 11 is 3.05. The molecule has 0 N–H and O–H groups in total. The summed E-state index contributed by atoms with van der Waals surface area (Å²) in [5.41, 5.74) is 2.94. The number of rotatable bonds is 9. The van der Waals surface area contributed by atoms with Gasteiger partial charge in [0.05, 0.1) is 43.8 Å². The molecule has 0 saturated heterocycles. The Balaban J connectivity index is 1.82. The zero-order valence-electron chi connectivity index (χ0n) is 19.2. The fourth-order valence-corrected chi connectivity index (χ4v) is 8.64. The molecule has 4 aromatic heterocycles. The predicted molar refractivity (Wildman–Crippen MR) is 142 cm³/mol. The summed E-state index contributed by atoms with van der Waals surface area (Å²) < 4.78 is 14.5. The van der Waals surface area contributed by atoms with Crippen LogP contribution >= 0.6 is 45.1 Å². The zero-order valence-corrected chi connectivity index (χ0v) is 22.5. The number of esters is 2. The quantitative estimate of drug-likeness (QED) is 0.133. The van der Waals surface area contributed by atoms with Crippen LogP contribution in [0.5, 0.6) is 0 Å². The first kappa shape index (κ1) is 25.0. The summed E-state index contributed by atoms with van der Waals surface area (Å²) in [6, 6.07) is 11.7. The van der Waals surface area contributed by atoms with Gasteiger partial charge in [0.15, 0.2) is 0 Å². The molecule has 0 atom stereocenters. The van der Waals surface area contributed by atoms with Crippen molar-refractivity contribution < 1.29 is 19.1 Å². The summed E-state index contributed by atoms with van der Waals surface area (Å²) in [6.07, 6.45) is 7.70. The van der Waals surface area contributed by atoms with Gasteiger partial charge in [-0.25, -0.2) is 9.59 Å². The van der Waals surface area contributed by atoms with Crippen LogP contribution in [-0.2, 0) is 9.47 Å². The van der Waals surface area contributed by atoms with E-state index in [9.17, 15) is 9.59 Å². The molecule has 0 bridgehead atoms. The Morgan fingerprint density at radius 3 is 1.47 bits per heavy atom. The van der Waals surface area contributed by atoms with Crippen LogP contribution in [-0.4, -0.2) is 46.5 Å². The lowest BCUT2D eigenvalue weighted by Gasteiger charge is -2.06. The highest BCUT2D eigenvalue weighted by Gasteiger charge is 2.27. The molecule has 0 spiro atoms. The number of aromatic nitrogens is 2. The van der Waals surface area contributed by atoms with Crippen LogP contribution in [0.2, 0.25) is 0 Å². The Labute approximate surface area is 214 Å². The van der Waals surface area contributed by atoms with Gasteiger partial charge in [-0.3, -0.25) is 0 Å². The Hall–Kier alpha value is -2.14. The molecule has 34 heavy (non-hydrogen) atoms. The van der Waals surface area contributed by atoms with Gasteiger partial charge in [0, 0.05) is 12.4 Å². The Bertz CT molecular complexity index is 1260. The van der Waals surface area contributed by atoms with Crippen LogP contribution in [0.1, 0.15) is 34.8 Å². The molecule has 4 aromatic rings. The second-order valence-electron chi connectivity index (χ2n) is 6.94. The smallest absolute Gasteiger partial charge is 0.356 e. The standard InChI is InChI=1S/C24H24N2O4S4/c1-5-29-23(27)17-21(31-3)19(15-11-7-9-13-25(15)17)33-34-20-16-12-8-10-14-26(16)18(22(20)32-4)24(28)30-6-2/h7-14H,5-6H2,1-4H3. The number of carbonyl (C=O) groups is 2. The number of ether oxygens (including phenoxy) is 2. The number of fused-ring (bicyclic) bond motifs is 2. The van der Waals surface area contributed by atoms with Crippen molar-refractivity contribution in [3.05, 3.63) is 60.2 Å². The van der Waals surface area contributed by atoms with Crippen molar-refractivity contribution in [3.8, 4) is 0 Å². The van der Waals surface area contributed by atoms with Crippen LogP contribution in [0.3, 0.4) is 0 Å². The minimum absolute atomic E-state index is 0.314. The van der Waals surface area contributed by atoms with Gasteiger partial charge in [-0.15, -0.1) is 23.5 Å². The lowest BCUT2D eigenvalue weighted by atomic mass is 10.4. The van der Waals surface area contributed by atoms with E-state index in [4.69, 9.17) is 9.47 Å². The average Bonchev–Trinajstić information content (AvgIpc) is 3.35. The zero-order chi connectivity index (χ0) is 24.2. The monoisotopic (exact) mass is 532 g/mol. The SMILES string of the molecule is CCOC(=O)c1c(SC)c(SSc2c(SC)c(C(=O)OCC)n3ccccc23)c2ccccn12. The van der Waals surface area contributed by atoms with Crippen LogP contribution in [0.4, 0.5) is 0 Å². The molecule has 0 saturated carbocycles. The molecule has 0 aromatic carbocycles. The molecule has 10 heteroatoms. The third-order valence-electron chi connectivity index (χ3n) is 5.06. The van der Waals surface area contributed by atoms with Gasteiger partial charge in [0.25, 0.3) is 0 Å². The molecule has 4 rings (SSSR count). The number of hydrogen-bond acceptors (Lipinski definition) is 8. The molecule has 0 aliphatic carbocycles. The number of hydrogen-bond donors (Lipinski definition) is 0. The highest BCUT2D eigenvalue weighted by atomic mass is 33.1. The highest BCUT2D eigenvalue weighted by molar-refractivity contribution is 8.76. The van der Waals surface area contributed by atoms with Crippen LogP contribution in [0, 0.1) is 0 Å². The molecule has 0 radical (unpaired) electrons. The fourth-order valence-electron chi connectivity index (χ4n) is 3.72. The molecule has 0 unspecified atom stereocenters. The first-order valence-corrected chi connectivity index (χ1v) is 15.2. The largest absolute Gasteiger partial charge is 0.461 e. The Kier molecular flexibility index (Phi) is 8.13. The van der Waals surface area contributed by atoms with Gasteiger partial charge in [0.1, 0.15) is 11.4 Å². The number of nitrogens with zero attached hydrogens (tertiary/aromatic N) is 2. The van der Waals surface area contributed by atoms with Crippen LogP contribution < -0.4 is 0 Å². The van der Waals surface area contributed by atoms with E-state index in [1.165, 1.54) is 23.5 Å². The maximum atomic E-state index is 12.8. The van der Waals surface area contributed by atoms with E-state index < -0.39 is 0 Å². The number of thioether (sulfide) groups is 2. The van der Waals surface area contributed by atoms with E-state index in [1.54, 1.807) is 35.4 Å². The van der Waals surface area contributed by atoms with E-state index in [0.29, 0.717) is 24.6 Å². The molecule has 178 valence electrons. The van der Waals surface area contributed by atoms with Gasteiger partial charge >= 0.3 is 11.9 Å². The fraction of sp³-hybridized carbons (Fsp3) is 0.250. The van der Waals surface area contributed by atoms with Gasteiger partial charge in [-0.05, 0) is 72.2 Å². The summed E-state index contributed by atoms with van der Waals surface area (Å²) in [5.74, 6) is -0.678. The van der Waals surface area contributed by atoms with E-state index in [2.05, 4.69) is 0 Å². The van der Waals surface area contributed by atoms with Crippen molar-refractivity contribution in [2.45, 2.75) is 33.4 Å². The normalized spacial score (nSPS) is 11.3. The number of pyridine rings is 2. The second-order valence-corrected chi connectivity index (χ2v) is 10.7. The minimum Gasteiger partial charge on any atom is -0.461 e. The van der Waals surface area contributed by atoms with Gasteiger partial charge in [0.2, 0.25) is 0 Å². The molecular weight excluding hydrogens is 509 g/mol. The average molecular weight is 533 g/mol. The van der Waals surface area contributed by atoms with E-state index in [-0.39, 0.29) is 11.9 Å². The van der Waals surface area contributed by atoms with Gasteiger partial charge in [-0.2, -0.15) is 0 Å². The van der Waals surface area contributed by atoms with Crippen molar-refractivity contribution in [3.63, 3.8) is 0 Å². The maximum absolute atomic E-state index is 12.8. The second kappa shape index (κ2) is 11.1. The third-order valence-corrected chi connectivity index (χ3v) is 9.43. The molecular formula is C24H24N2O4S4. The van der Waals surface area contributed by atoms with Crippen molar-refractivity contribution in [2.24, 2.45) is 0 Å². The highest BCUT2D eigenvalue weighted by Crippen LogP contribution is 2.50. The minimum atomic E-state index is -0.339. The maximum Gasteiger partial charge on any atom is 0.356 e. The third kappa shape index (κ3) is 4.44. The van der Waals surface area contributed by atoms with Gasteiger partial charge in [-0.1, -0.05) is 12.1 Å². The number of carbonyl (C=O) groups excluding carboxylic acids is 2. The Morgan fingerprint density at radius 1 is 0.706 bits per heavy atom.